The largest absolute Gasteiger partial charge is 0.479 e. The zero-order valence-corrected chi connectivity index (χ0v) is 8.92. The van der Waals surface area contributed by atoms with Gasteiger partial charge >= 0.3 is 5.97 Å². The first-order valence-corrected chi connectivity index (χ1v) is 4.65. The van der Waals surface area contributed by atoms with Crippen LogP contribution in [0.4, 0.5) is 4.39 Å². The minimum atomic E-state index is -1.10. The summed E-state index contributed by atoms with van der Waals surface area (Å²) in [7, 11) is 0. The summed E-state index contributed by atoms with van der Waals surface area (Å²) in [5.74, 6) is -1.40. The van der Waals surface area contributed by atoms with Crippen molar-refractivity contribution >= 4 is 21.9 Å². The maximum Gasteiger partial charge on any atom is 0.344 e. The van der Waals surface area contributed by atoms with Crippen molar-refractivity contribution in [1.29, 1.82) is 0 Å². The van der Waals surface area contributed by atoms with Gasteiger partial charge in [-0.3, -0.25) is 0 Å². The fraction of sp³-hybridized carbons (Fsp3) is 0.222. The van der Waals surface area contributed by atoms with E-state index < -0.39 is 17.9 Å². The molecule has 0 aliphatic rings. The Morgan fingerprint density at radius 1 is 1.64 bits per heavy atom. The van der Waals surface area contributed by atoms with Gasteiger partial charge in [-0.15, -0.1) is 0 Å². The van der Waals surface area contributed by atoms with Crippen LogP contribution in [0.1, 0.15) is 6.92 Å². The molecule has 0 fully saturated rings. The third-order valence-electron chi connectivity index (χ3n) is 1.57. The number of rotatable bonds is 3. The van der Waals surface area contributed by atoms with Crippen molar-refractivity contribution in [2.75, 3.05) is 0 Å². The number of hydrogen-bond acceptors (Lipinski definition) is 2. The van der Waals surface area contributed by atoms with E-state index in [1.54, 1.807) is 0 Å². The summed E-state index contributed by atoms with van der Waals surface area (Å²) in [4.78, 5) is 10.5. The third-order valence-corrected chi connectivity index (χ3v) is 2.34. The molecule has 14 heavy (non-hydrogen) atoms. The Morgan fingerprint density at radius 2 is 2.29 bits per heavy atom. The average molecular weight is 263 g/mol. The molecule has 0 amide bonds. The molecule has 1 aromatic carbocycles. The molecule has 0 saturated carbocycles. The van der Waals surface area contributed by atoms with Crippen molar-refractivity contribution in [2.45, 2.75) is 13.0 Å². The van der Waals surface area contributed by atoms with E-state index in [4.69, 9.17) is 9.84 Å². The van der Waals surface area contributed by atoms with Gasteiger partial charge in [-0.25, -0.2) is 9.18 Å². The van der Waals surface area contributed by atoms with Crippen molar-refractivity contribution in [3.05, 3.63) is 28.5 Å². The van der Waals surface area contributed by atoms with Crippen molar-refractivity contribution in [3.63, 3.8) is 0 Å². The summed E-state index contributed by atoms with van der Waals surface area (Å²) in [6.07, 6.45) is -1.01. The zero-order valence-electron chi connectivity index (χ0n) is 7.33. The highest BCUT2D eigenvalue weighted by Gasteiger charge is 2.15. The van der Waals surface area contributed by atoms with Crippen LogP contribution in [0.25, 0.3) is 0 Å². The van der Waals surface area contributed by atoms with Crippen LogP contribution in [0, 0.1) is 5.82 Å². The Bertz CT molecular complexity index is 354. The van der Waals surface area contributed by atoms with E-state index in [2.05, 4.69) is 15.9 Å². The van der Waals surface area contributed by atoms with Crippen molar-refractivity contribution in [3.8, 4) is 5.75 Å². The molecule has 0 heterocycles. The van der Waals surface area contributed by atoms with Crippen LogP contribution in [0.15, 0.2) is 22.7 Å². The molecule has 76 valence electrons. The first-order chi connectivity index (χ1) is 6.52. The molecule has 0 spiro atoms. The van der Waals surface area contributed by atoms with E-state index >= 15 is 0 Å². The summed E-state index contributed by atoms with van der Waals surface area (Å²) in [5, 5.41) is 8.57. The number of aliphatic carboxylic acids is 1. The number of carboxylic acid groups (broad SMARTS) is 1. The highest BCUT2D eigenvalue weighted by molar-refractivity contribution is 9.10. The minimum absolute atomic E-state index is 0.133. The van der Waals surface area contributed by atoms with Gasteiger partial charge in [0.25, 0.3) is 0 Å². The smallest absolute Gasteiger partial charge is 0.344 e. The van der Waals surface area contributed by atoms with Crippen molar-refractivity contribution < 1.29 is 19.0 Å². The second-order valence-corrected chi connectivity index (χ2v) is 3.44. The summed E-state index contributed by atoms with van der Waals surface area (Å²) < 4.78 is 18.1. The van der Waals surface area contributed by atoms with Gasteiger partial charge in [-0.1, -0.05) is 6.07 Å². The normalized spacial score (nSPS) is 12.2. The quantitative estimate of drug-likeness (QED) is 0.910. The van der Waals surface area contributed by atoms with Gasteiger partial charge in [-0.05, 0) is 35.0 Å². The van der Waals surface area contributed by atoms with Crippen LogP contribution >= 0.6 is 15.9 Å². The van der Waals surface area contributed by atoms with Crippen LogP contribution in [0.5, 0.6) is 5.75 Å². The molecule has 0 aliphatic carbocycles. The standard InChI is InChI=1S/C9H8BrFO3/c1-5(9(12)13)14-7-4-2-3-6(11)8(7)10/h2-5H,1H3,(H,12,13). The maximum absolute atomic E-state index is 13.0. The van der Waals surface area contributed by atoms with Gasteiger partial charge in [0.2, 0.25) is 0 Å². The Morgan fingerprint density at radius 3 is 2.86 bits per heavy atom. The number of ether oxygens (including phenoxy) is 1. The van der Waals surface area contributed by atoms with Crippen LogP contribution in [0.2, 0.25) is 0 Å². The number of benzene rings is 1. The lowest BCUT2D eigenvalue weighted by molar-refractivity contribution is -0.144. The first-order valence-electron chi connectivity index (χ1n) is 3.86. The summed E-state index contributed by atoms with van der Waals surface area (Å²) >= 11 is 2.96. The van der Waals surface area contributed by atoms with Crippen molar-refractivity contribution in [1.82, 2.24) is 0 Å². The average Bonchev–Trinajstić information content (AvgIpc) is 2.12. The molecule has 3 nitrogen and oxygen atoms in total. The molecule has 0 bridgehead atoms. The Balaban J connectivity index is 2.87. The number of carbonyl (C=O) groups is 1. The summed E-state index contributed by atoms with van der Waals surface area (Å²) in [6.45, 7) is 1.37. The molecular weight excluding hydrogens is 255 g/mol. The second kappa shape index (κ2) is 4.41. The molecule has 0 aromatic heterocycles. The fourth-order valence-corrected chi connectivity index (χ4v) is 1.17. The molecule has 0 radical (unpaired) electrons. The minimum Gasteiger partial charge on any atom is -0.479 e. The van der Waals surface area contributed by atoms with E-state index in [1.807, 2.05) is 0 Å². The van der Waals surface area contributed by atoms with Crippen LogP contribution in [-0.4, -0.2) is 17.2 Å². The van der Waals surface area contributed by atoms with Crippen LogP contribution in [0.3, 0.4) is 0 Å². The lowest BCUT2D eigenvalue weighted by atomic mass is 10.3. The van der Waals surface area contributed by atoms with Gasteiger partial charge in [0.15, 0.2) is 6.10 Å². The lowest BCUT2D eigenvalue weighted by Crippen LogP contribution is -2.23. The Labute approximate surface area is 88.6 Å². The van der Waals surface area contributed by atoms with Crippen molar-refractivity contribution in [2.24, 2.45) is 0 Å². The molecule has 5 heteroatoms. The molecule has 1 unspecified atom stereocenters. The first kappa shape index (κ1) is 11.0. The maximum atomic E-state index is 13.0. The predicted octanol–water partition coefficient (Wildman–Crippen LogP) is 2.44. The van der Waals surface area contributed by atoms with Gasteiger partial charge in [0.05, 0.1) is 4.47 Å². The highest BCUT2D eigenvalue weighted by Crippen LogP contribution is 2.28. The Kier molecular flexibility index (Phi) is 3.46. The number of hydrogen-bond donors (Lipinski definition) is 1. The SMILES string of the molecule is CC(Oc1cccc(F)c1Br)C(=O)O. The molecular formula is C9H8BrFO3. The molecule has 0 saturated heterocycles. The summed E-state index contributed by atoms with van der Waals surface area (Å²) in [6, 6.07) is 4.19. The lowest BCUT2D eigenvalue weighted by Gasteiger charge is -2.11. The van der Waals surface area contributed by atoms with E-state index in [-0.39, 0.29) is 10.2 Å². The van der Waals surface area contributed by atoms with Gasteiger partial charge < -0.3 is 9.84 Å². The third kappa shape index (κ3) is 2.45. The monoisotopic (exact) mass is 262 g/mol. The topological polar surface area (TPSA) is 46.5 Å². The predicted molar refractivity (Wildman–Crippen MR) is 51.8 cm³/mol. The number of carboxylic acids is 1. The van der Waals surface area contributed by atoms with Gasteiger partial charge in [0.1, 0.15) is 11.6 Å². The highest BCUT2D eigenvalue weighted by atomic mass is 79.9. The zero-order chi connectivity index (χ0) is 10.7. The molecule has 1 aromatic rings. The summed E-state index contributed by atoms with van der Waals surface area (Å²) in [5.41, 5.74) is 0. The molecule has 1 rings (SSSR count). The molecule has 1 atom stereocenters. The fourth-order valence-electron chi connectivity index (χ4n) is 0.816. The van der Waals surface area contributed by atoms with Crippen LogP contribution in [-0.2, 0) is 4.79 Å². The second-order valence-electron chi connectivity index (χ2n) is 2.65. The van der Waals surface area contributed by atoms with Crippen LogP contribution < -0.4 is 4.74 Å². The van der Waals surface area contributed by atoms with E-state index in [1.165, 1.54) is 25.1 Å². The van der Waals surface area contributed by atoms with Gasteiger partial charge in [-0.2, -0.15) is 0 Å². The number of halogens is 2. The Hall–Kier alpha value is -1.10. The molecule has 1 N–H and O–H groups in total. The van der Waals surface area contributed by atoms with Gasteiger partial charge in [0, 0.05) is 0 Å². The van der Waals surface area contributed by atoms with E-state index in [9.17, 15) is 9.18 Å². The molecule has 0 aliphatic heterocycles. The van der Waals surface area contributed by atoms with E-state index in [0.29, 0.717) is 0 Å². The van der Waals surface area contributed by atoms with E-state index in [0.717, 1.165) is 0 Å².